The number of rotatable bonds is 3. The molecule has 1 aromatic rings. The molecule has 0 amide bonds. The second-order valence-corrected chi connectivity index (χ2v) is 3.27. The first-order valence-electron chi connectivity index (χ1n) is 3.95. The fourth-order valence-corrected chi connectivity index (χ4v) is 1.10. The minimum absolute atomic E-state index is 0.119. The zero-order valence-corrected chi connectivity index (χ0v) is 8.92. The Balaban J connectivity index is 2.89. The average Bonchev–Trinajstić information content (AvgIpc) is 2.18. The third kappa shape index (κ3) is 2.96. The van der Waals surface area contributed by atoms with Crippen molar-refractivity contribution >= 4 is 27.4 Å². The van der Waals surface area contributed by atoms with Gasteiger partial charge in [-0.3, -0.25) is 4.79 Å². The number of alkyl halides is 1. The van der Waals surface area contributed by atoms with Gasteiger partial charge < -0.3 is 5.73 Å². The van der Waals surface area contributed by atoms with Gasteiger partial charge in [0.2, 0.25) is 0 Å². The van der Waals surface area contributed by atoms with Gasteiger partial charge >= 0.3 is 0 Å². The standard InChI is InChI=1S/C10H9BrFNO/c11-6-9(14)5-10(13)7-1-3-8(12)4-2-7/h1-5H,6,13H2/b10-5-. The van der Waals surface area contributed by atoms with Gasteiger partial charge in [0, 0.05) is 11.8 Å². The summed E-state index contributed by atoms with van der Waals surface area (Å²) in [5.74, 6) is -0.444. The number of hydrogen-bond donors (Lipinski definition) is 1. The highest BCUT2D eigenvalue weighted by Crippen LogP contribution is 2.09. The molecular weight excluding hydrogens is 249 g/mol. The summed E-state index contributed by atoms with van der Waals surface area (Å²) in [5.41, 5.74) is 6.60. The third-order valence-electron chi connectivity index (χ3n) is 1.63. The van der Waals surface area contributed by atoms with Gasteiger partial charge in [-0.1, -0.05) is 28.1 Å². The molecule has 0 aliphatic carbocycles. The van der Waals surface area contributed by atoms with Crippen LogP contribution in [0.4, 0.5) is 4.39 Å². The van der Waals surface area contributed by atoms with Crippen molar-refractivity contribution < 1.29 is 9.18 Å². The van der Waals surface area contributed by atoms with E-state index in [0.29, 0.717) is 11.3 Å². The molecule has 0 fully saturated rings. The molecule has 0 aliphatic rings. The molecule has 0 bridgehead atoms. The van der Waals surface area contributed by atoms with Crippen LogP contribution >= 0.6 is 15.9 Å². The van der Waals surface area contributed by atoms with E-state index in [1.807, 2.05) is 0 Å². The maximum Gasteiger partial charge on any atom is 0.168 e. The largest absolute Gasteiger partial charge is 0.398 e. The maximum absolute atomic E-state index is 12.5. The molecule has 0 unspecified atom stereocenters. The number of hydrogen-bond acceptors (Lipinski definition) is 2. The normalized spacial score (nSPS) is 11.4. The van der Waals surface area contributed by atoms with Gasteiger partial charge in [-0.25, -0.2) is 4.39 Å². The zero-order chi connectivity index (χ0) is 10.6. The van der Waals surface area contributed by atoms with Crippen LogP contribution in [-0.2, 0) is 4.79 Å². The lowest BCUT2D eigenvalue weighted by atomic mass is 10.1. The molecule has 2 N–H and O–H groups in total. The first-order valence-corrected chi connectivity index (χ1v) is 5.07. The smallest absolute Gasteiger partial charge is 0.168 e. The SMILES string of the molecule is N/C(=C\C(=O)CBr)c1ccc(F)cc1. The van der Waals surface area contributed by atoms with E-state index in [0.717, 1.165) is 0 Å². The first-order chi connectivity index (χ1) is 6.63. The Bertz CT molecular complexity index is 359. The number of carbonyl (C=O) groups is 1. The summed E-state index contributed by atoms with van der Waals surface area (Å²) in [7, 11) is 0. The highest BCUT2D eigenvalue weighted by molar-refractivity contribution is 9.09. The molecule has 0 aliphatic heterocycles. The number of carbonyl (C=O) groups excluding carboxylic acids is 1. The van der Waals surface area contributed by atoms with Crippen LogP contribution in [0.25, 0.3) is 5.70 Å². The van der Waals surface area contributed by atoms with E-state index < -0.39 is 0 Å². The number of nitrogens with two attached hydrogens (primary N) is 1. The summed E-state index contributed by atoms with van der Waals surface area (Å²) in [6.07, 6.45) is 1.32. The topological polar surface area (TPSA) is 43.1 Å². The lowest BCUT2D eigenvalue weighted by molar-refractivity contribution is -0.112. The van der Waals surface area contributed by atoms with Crippen molar-refractivity contribution in [2.24, 2.45) is 5.73 Å². The predicted molar refractivity (Wildman–Crippen MR) is 57.4 cm³/mol. The van der Waals surface area contributed by atoms with E-state index in [1.54, 1.807) is 0 Å². The molecule has 2 nitrogen and oxygen atoms in total. The van der Waals surface area contributed by atoms with Crippen molar-refractivity contribution in [2.45, 2.75) is 0 Å². The van der Waals surface area contributed by atoms with Crippen molar-refractivity contribution in [2.75, 3.05) is 5.33 Å². The minimum Gasteiger partial charge on any atom is -0.398 e. The molecule has 0 aromatic heterocycles. The lowest BCUT2D eigenvalue weighted by Gasteiger charge is -2.00. The van der Waals surface area contributed by atoms with Crippen LogP contribution in [0, 0.1) is 5.82 Å². The van der Waals surface area contributed by atoms with Crippen LogP contribution in [0.1, 0.15) is 5.56 Å². The van der Waals surface area contributed by atoms with E-state index in [4.69, 9.17) is 5.73 Å². The van der Waals surface area contributed by atoms with Crippen LogP contribution in [0.2, 0.25) is 0 Å². The van der Waals surface area contributed by atoms with Crippen LogP contribution in [0.3, 0.4) is 0 Å². The maximum atomic E-state index is 12.5. The second kappa shape index (κ2) is 4.91. The highest BCUT2D eigenvalue weighted by Gasteiger charge is 2.00. The van der Waals surface area contributed by atoms with Gasteiger partial charge in [-0.05, 0) is 17.7 Å². The van der Waals surface area contributed by atoms with Gasteiger partial charge in [0.05, 0.1) is 5.33 Å². The van der Waals surface area contributed by atoms with Crippen LogP contribution in [0.15, 0.2) is 30.3 Å². The summed E-state index contributed by atoms with van der Waals surface area (Å²) in [6, 6.07) is 5.66. The summed E-state index contributed by atoms with van der Waals surface area (Å²) < 4.78 is 12.5. The fourth-order valence-electron chi connectivity index (χ4n) is 0.938. The Morgan fingerprint density at radius 3 is 2.50 bits per heavy atom. The molecule has 0 heterocycles. The Hall–Kier alpha value is -1.16. The first kappa shape index (κ1) is 10.9. The van der Waals surface area contributed by atoms with Gasteiger partial charge in [0.1, 0.15) is 5.82 Å². The van der Waals surface area contributed by atoms with Crippen LogP contribution < -0.4 is 5.73 Å². The number of halogens is 2. The number of benzene rings is 1. The van der Waals surface area contributed by atoms with Crippen molar-refractivity contribution in [1.82, 2.24) is 0 Å². The summed E-state index contributed by atoms with van der Waals surface area (Å²) >= 11 is 3.02. The quantitative estimate of drug-likeness (QED) is 0.666. The van der Waals surface area contributed by atoms with Crippen molar-refractivity contribution in [3.8, 4) is 0 Å². The molecular formula is C10H9BrFNO. The third-order valence-corrected chi connectivity index (χ3v) is 2.18. The molecule has 14 heavy (non-hydrogen) atoms. The van der Waals surface area contributed by atoms with Crippen molar-refractivity contribution in [3.63, 3.8) is 0 Å². The lowest BCUT2D eigenvalue weighted by Crippen LogP contribution is -2.02. The molecule has 4 heteroatoms. The predicted octanol–water partition coefficient (Wildman–Crippen LogP) is 2.09. The van der Waals surface area contributed by atoms with E-state index in [9.17, 15) is 9.18 Å². The van der Waals surface area contributed by atoms with E-state index >= 15 is 0 Å². The van der Waals surface area contributed by atoms with E-state index in [1.165, 1.54) is 30.3 Å². The molecule has 0 radical (unpaired) electrons. The summed E-state index contributed by atoms with van der Waals surface area (Å²) in [6.45, 7) is 0. The monoisotopic (exact) mass is 257 g/mol. The molecule has 1 rings (SSSR count). The van der Waals surface area contributed by atoms with Gasteiger partial charge in [-0.15, -0.1) is 0 Å². The Morgan fingerprint density at radius 2 is 2.00 bits per heavy atom. The van der Waals surface area contributed by atoms with Crippen molar-refractivity contribution in [1.29, 1.82) is 0 Å². The molecule has 0 saturated heterocycles. The molecule has 0 atom stereocenters. The van der Waals surface area contributed by atoms with Crippen LogP contribution in [0.5, 0.6) is 0 Å². The number of ketones is 1. The summed E-state index contributed by atoms with van der Waals surface area (Å²) in [5, 5.41) is 0.231. The average molecular weight is 258 g/mol. The molecule has 0 spiro atoms. The van der Waals surface area contributed by atoms with Crippen molar-refractivity contribution in [3.05, 3.63) is 41.7 Å². The van der Waals surface area contributed by atoms with E-state index in [2.05, 4.69) is 15.9 Å². The Morgan fingerprint density at radius 1 is 1.43 bits per heavy atom. The van der Waals surface area contributed by atoms with Crippen LogP contribution in [-0.4, -0.2) is 11.1 Å². The number of allylic oxidation sites excluding steroid dienone is 1. The van der Waals surface area contributed by atoms with E-state index in [-0.39, 0.29) is 16.9 Å². The van der Waals surface area contributed by atoms with Gasteiger partial charge in [-0.2, -0.15) is 0 Å². The summed E-state index contributed by atoms with van der Waals surface area (Å²) in [4.78, 5) is 11.0. The van der Waals surface area contributed by atoms with Gasteiger partial charge in [0.15, 0.2) is 5.78 Å². The Labute approximate surface area is 89.7 Å². The minimum atomic E-state index is -0.326. The Kier molecular flexibility index (Phi) is 3.83. The molecule has 0 saturated carbocycles. The molecule has 1 aromatic carbocycles. The highest BCUT2D eigenvalue weighted by atomic mass is 79.9. The fraction of sp³-hybridized carbons (Fsp3) is 0.100. The van der Waals surface area contributed by atoms with Gasteiger partial charge in [0.25, 0.3) is 0 Å². The molecule has 74 valence electrons. The zero-order valence-electron chi connectivity index (χ0n) is 7.34. The second-order valence-electron chi connectivity index (χ2n) is 2.71.